The summed E-state index contributed by atoms with van der Waals surface area (Å²) >= 11 is 0. The summed E-state index contributed by atoms with van der Waals surface area (Å²) in [5.74, 6) is -0.313. The van der Waals surface area contributed by atoms with Crippen LogP contribution in [-0.4, -0.2) is 37.9 Å². The molecule has 0 radical (unpaired) electrons. The third kappa shape index (κ3) is 3.92. The van der Waals surface area contributed by atoms with Crippen molar-refractivity contribution >= 4 is 11.7 Å². The Morgan fingerprint density at radius 1 is 1.41 bits per heavy atom. The van der Waals surface area contributed by atoms with Crippen molar-refractivity contribution in [2.75, 3.05) is 32.7 Å². The maximum Gasteiger partial charge on any atom is 0.356 e. The normalized spacial score (nSPS) is 10.0. The summed E-state index contributed by atoms with van der Waals surface area (Å²) < 4.78 is 15.0. The van der Waals surface area contributed by atoms with Crippen molar-refractivity contribution in [1.29, 1.82) is 0 Å². The molecule has 6 nitrogen and oxygen atoms in total. The minimum Gasteiger partial charge on any atom is -0.474 e. The van der Waals surface area contributed by atoms with Gasteiger partial charge < -0.3 is 19.9 Å². The molecule has 0 atom stereocenters. The number of ether oxygens (including phenoxy) is 3. The smallest absolute Gasteiger partial charge is 0.356 e. The highest BCUT2D eigenvalue weighted by molar-refractivity contribution is 5.87. The van der Waals surface area contributed by atoms with Crippen LogP contribution in [0.1, 0.15) is 17.4 Å². The summed E-state index contributed by atoms with van der Waals surface area (Å²) in [6.07, 6.45) is 0. The van der Waals surface area contributed by atoms with Crippen molar-refractivity contribution in [2.45, 2.75) is 6.92 Å². The summed E-state index contributed by atoms with van der Waals surface area (Å²) in [6.45, 7) is 3.29. The van der Waals surface area contributed by atoms with Crippen molar-refractivity contribution < 1.29 is 19.0 Å². The van der Waals surface area contributed by atoms with E-state index in [4.69, 9.17) is 15.2 Å². The Kier molecular flexibility index (Phi) is 5.22. The molecule has 0 saturated carbocycles. The second kappa shape index (κ2) is 6.70. The molecule has 0 fully saturated rings. The van der Waals surface area contributed by atoms with Gasteiger partial charge in [-0.15, -0.1) is 0 Å². The number of hydrogen-bond donors (Lipinski definition) is 1. The Balaban J connectivity index is 2.66. The van der Waals surface area contributed by atoms with Crippen molar-refractivity contribution in [3.63, 3.8) is 0 Å². The zero-order chi connectivity index (χ0) is 12.7. The molecular weight excluding hydrogens is 224 g/mol. The maximum atomic E-state index is 11.2. The number of nitrogens with two attached hydrogens (primary N) is 1. The van der Waals surface area contributed by atoms with Crippen molar-refractivity contribution in [3.8, 4) is 5.88 Å². The van der Waals surface area contributed by atoms with Gasteiger partial charge in [-0.3, -0.25) is 0 Å². The summed E-state index contributed by atoms with van der Waals surface area (Å²) in [4.78, 5) is 15.2. The molecule has 94 valence electrons. The van der Waals surface area contributed by atoms with Gasteiger partial charge in [-0.2, -0.15) is 0 Å². The van der Waals surface area contributed by atoms with Gasteiger partial charge in [-0.05, 0) is 19.1 Å². The molecule has 1 heterocycles. The van der Waals surface area contributed by atoms with E-state index in [2.05, 4.69) is 9.72 Å². The lowest BCUT2D eigenvalue weighted by molar-refractivity contribution is 0.0592. The van der Waals surface area contributed by atoms with E-state index in [0.29, 0.717) is 25.5 Å². The monoisotopic (exact) mass is 240 g/mol. The number of carbonyl (C=O) groups is 1. The second-order valence-corrected chi connectivity index (χ2v) is 3.13. The number of hydrogen-bond acceptors (Lipinski definition) is 6. The lowest BCUT2D eigenvalue weighted by atomic mass is 10.3. The number of methoxy groups -OCH3 is 1. The summed E-state index contributed by atoms with van der Waals surface area (Å²) in [5, 5.41) is 0. The van der Waals surface area contributed by atoms with E-state index in [0.717, 1.165) is 0 Å². The van der Waals surface area contributed by atoms with Gasteiger partial charge >= 0.3 is 5.97 Å². The number of carbonyl (C=O) groups excluding carboxylic acids is 1. The van der Waals surface area contributed by atoms with Crippen LogP contribution in [0.5, 0.6) is 5.88 Å². The van der Waals surface area contributed by atoms with Gasteiger partial charge in [-0.1, -0.05) is 0 Å². The molecule has 17 heavy (non-hydrogen) atoms. The maximum absolute atomic E-state index is 11.2. The van der Waals surface area contributed by atoms with Gasteiger partial charge in [0.05, 0.1) is 19.4 Å². The van der Waals surface area contributed by atoms with Gasteiger partial charge in [0.15, 0.2) is 5.69 Å². The Morgan fingerprint density at radius 3 is 2.82 bits per heavy atom. The summed E-state index contributed by atoms with van der Waals surface area (Å²) in [7, 11) is 1.29. The fourth-order valence-corrected chi connectivity index (χ4v) is 1.13. The Labute approximate surface area is 99.7 Å². The van der Waals surface area contributed by atoms with Gasteiger partial charge in [0.25, 0.3) is 0 Å². The Hall–Kier alpha value is -1.82. The quantitative estimate of drug-likeness (QED) is 0.586. The molecule has 0 aliphatic heterocycles. The molecule has 0 aliphatic carbocycles. The Bertz CT molecular complexity index is 382. The summed E-state index contributed by atoms with van der Waals surface area (Å²) in [6, 6.07) is 3.03. The highest BCUT2D eigenvalue weighted by atomic mass is 16.5. The molecule has 0 aromatic carbocycles. The molecular formula is C11H16N2O4. The fraction of sp³-hybridized carbons (Fsp3) is 0.455. The summed E-state index contributed by atoms with van der Waals surface area (Å²) in [5.41, 5.74) is 6.20. The van der Waals surface area contributed by atoms with E-state index in [1.54, 1.807) is 6.07 Å². The van der Waals surface area contributed by atoms with Crippen LogP contribution in [0, 0.1) is 0 Å². The van der Waals surface area contributed by atoms with Crippen molar-refractivity contribution in [3.05, 3.63) is 17.8 Å². The minimum absolute atomic E-state index is 0.160. The average Bonchev–Trinajstić information content (AvgIpc) is 2.35. The van der Waals surface area contributed by atoms with E-state index in [1.165, 1.54) is 13.2 Å². The van der Waals surface area contributed by atoms with Crippen molar-refractivity contribution in [1.82, 2.24) is 4.98 Å². The standard InChI is InChI=1S/C11H16N2O4/c1-3-16-6-7-17-10-8(12)4-5-9(13-10)11(14)15-2/h4-5H,3,6-7,12H2,1-2H3. The zero-order valence-corrected chi connectivity index (χ0v) is 9.93. The van der Waals surface area contributed by atoms with Crippen LogP contribution in [0.2, 0.25) is 0 Å². The van der Waals surface area contributed by atoms with Crippen LogP contribution in [0.3, 0.4) is 0 Å². The molecule has 0 amide bonds. The molecule has 1 aromatic rings. The fourth-order valence-electron chi connectivity index (χ4n) is 1.13. The van der Waals surface area contributed by atoms with Crippen LogP contribution in [-0.2, 0) is 9.47 Å². The SMILES string of the molecule is CCOCCOc1nc(C(=O)OC)ccc1N. The van der Waals surface area contributed by atoms with E-state index < -0.39 is 5.97 Å². The molecule has 0 saturated heterocycles. The third-order valence-corrected chi connectivity index (χ3v) is 1.95. The van der Waals surface area contributed by atoms with Crippen LogP contribution in [0.15, 0.2) is 12.1 Å². The molecule has 0 bridgehead atoms. The number of aromatic nitrogens is 1. The largest absolute Gasteiger partial charge is 0.474 e. The number of esters is 1. The first-order valence-electron chi connectivity index (χ1n) is 5.24. The van der Waals surface area contributed by atoms with Crippen LogP contribution >= 0.6 is 0 Å². The first kappa shape index (κ1) is 13.2. The van der Waals surface area contributed by atoms with Gasteiger partial charge in [0, 0.05) is 6.61 Å². The van der Waals surface area contributed by atoms with Crippen LogP contribution in [0.4, 0.5) is 5.69 Å². The number of pyridine rings is 1. The number of rotatable bonds is 6. The van der Waals surface area contributed by atoms with Gasteiger partial charge in [0.2, 0.25) is 5.88 Å². The van der Waals surface area contributed by atoms with Gasteiger partial charge in [0.1, 0.15) is 6.61 Å². The highest BCUT2D eigenvalue weighted by Gasteiger charge is 2.11. The first-order valence-corrected chi connectivity index (χ1v) is 5.24. The highest BCUT2D eigenvalue weighted by Crippen LogP contribution is 2.18. The predicted octanol–water partition coefficient (Wildman–Crippen LogP) is 0.866. The second-order valence-electron chi connectivity index (χ2n) is 3.13. The van der Waals surface area contributed by atoms with Gasteiger partial charge in [-0.25, -0.2) is 9.78 Å². The van der Waals surface area contributed by atoms with E-state index in [-0.39, 0.29) is 11.6 Å². The average molecular weight is 240 g/mol. The molecule has 2 N–H and O–H groups in total. The van der Waals surface area contributed by atoms with Crippen LogP contribution < -0.4 is 10.5 Å². The predicted molar refractivity (Wildman–Crippen MR) is 62.0 cm³/mol. The third-order valence-electron chi connectivity index (χ3n) is 1.95. The Morgan fingerprint density at radius 2 is 2.18 bits per heavy atom. The van der Waals surface area contributed by atoms with E-state index >= 15 is 0 Å². The van der Waals surface area contributed by atoms with E-state index in [1.807, 2.05) is 6.92 Å². The molecule has 0 unspecified atom stereocenters. The minimum atomic E-state index is -0.528. The number of anilines is 1. The molecule has 6 heteroatoms. The lowest BCUT2D eigenvalue weighted by Crippen LogP contribution is -2.11. The number of nitrogens with zero attached hydrogens (tertiary/aromatic N) is 1. The molecule has 1 aromatic heterocycles. The molecule has 0 spiro atoms. The van der Waals surface area contributed by atoms with Crippen molar-refractivity contribution in [2.24, 2.45) is 0 Å². The zero-order valence-electron chi connectivity index (χ0n) is 9.93. The lowest BCUT2D eigenvalue weighted by Gasteiger charge is -2.08. The first-order chi connectivity index (χ1) is 8.19. The molecule has 1 rings (SSSR count). The van der Waals surface area contributed by atoms with Crippen LogP contribution in [0.25, 0.3) is 0 Å². The molecule has 0 aliphatic rings. The topological polar surface area (TPSA) is 83.7 Å². The van der Waals surface area contributed by atoms with E-state index in [9.17, 15) is 4.79 Å². The number of nitrogen functional groups attached to an aromatic ring is 1.